The van der Waals surface area contributed by atoms with Crippen molar-refractivity contribution in [1.29, 1.82) is 0 Å². The minimum Gasteiger partial charge on any atom is -0.497 e. The highest BCUT2D eigenvalue weighted by Gasteiger charge is 2.20. The molecule has 218 valence electrons. The summed E-state index contributed by atoms with van der Waals surface area (Å²) in [4.78, 5) is 5.38. The van der Waals surface area contributed by atoms with E-state index in [1.54, 1.807) is 38.1 Å². The Morgan fingerprint density at radius 3 is 2.10 bits per heavy atom. The Morgan fingerprint density at radius 2 is 1.45 bits per heavy atom. The van der Waals surface area contributed by atoms with Crippen LogP contribution >= 0.6 is 11.8 Å². The monoisotopic (exact) mass is 601 g/mol. The number of thioether (sulfide) groups is 1. The molecule has 0 aliphatic heterocycles. The van der Waals surface area contributed by atoms with E-state index in [1.807, 2.05) is 66.7 Å². The molecule has 0 atom stereocenters. The van der Waals surface area contributed by atoms with Crippen LogP contribution in [-0.4, -0.2) is 44.5 Å². The molecule has 0 unspecified atom stereocenters. The van der Waals surface area contributed by atoms with Crippen LogP contribution in [0.4, 0.5) is 0 Å². The first kappa shape index (κ1) is 29.7. The second kappa shape index (κ2) is 13.5. The fraction of sp³-hybridized carbons (Fsp3) is 0.242. The zero-order valence-corrected chi connectivity index (χ0v) is 25.7. The summed E-state index contributed by atoms with van der Waals surface area (Å²) in [5.74, 6) is 2.42. The maximum atomic E-state index is 12.9. The first-order chi connectivity index (χ1) is 20.4. The van der Waals surface area contributed by atoms with E-state index in [4.69, 9.17) is 14.5 Å². The number of sulfonamides is 1. The molecule has 9 heteroatoms. The van der Waals surface area contributed by atoms with E-state index in [0.717, 1.165) is 75.1 Å². The molecular weight excluding hydrogens is 567 g/mol. The quantitative estimate of drug-likeness (QED) is 0.113. The summed E-state index contributed by atoms with van der Waals surface area (Å²) < 4.78 is 41.4. The Morgan fingerprint density at radius 1 is 0.810 bits per heavy atom. The van der Waals surface area contributed by atoms with E-state index in [9.17, 15) is 8.42 Å². The zero-order valence-electron chi connectivity index (χ0n) is 24.0. The molecule has 0 saturated carbocycles. The third kappa shape index (κ3) is 6.64. The summed E-state index contributed by atoms with van der Waals surface area (Å²) in [5.41, 5.74) is 4.04. The molecule has 1 heterocycles. The summed E-state index contributed by atoms with van der Waals surface area (Å²) in [7, 11) is -0.243. The molecule has 0 radical (unpaired) electrons. The number of ether oxygens (including phenoxy) is 2. The Balaban J connectivity index is 1.27. The SMILES string of the molecule is CCn1c(SCCCCNS(=O)(=O)c2ccc3ccccc3c2)nc(-c2ccc(OC)cc2)c1-c1ccc(OC)cc1. The molecule has 42 heavy (non-hydrogen) atoms. The van der Waals surface area contributed by atoms with Crippen LogP contribution < -0.4 is 14.2 Å². The topological polar surface area (TPSA) is 82.5 Å². The second-order valence-electron chi connectivity index (χ2n) is 9.76. The number of hydrogen-bond acceptors (Lipinski definition) is 6. The molecule has 7 nitrogen and oxygen atoms in total. The number of rotatable bonds is 13. The van der Waals surface area contributed by atoms with Crippen LogP contribution in [0, 0.1) is 0 Å². The van der Waals surface area contributed by atoms with Crippen LogP contribution in [0.15, 0.2) is 101 Å². The number of methoxy groups -OCH3 is 2. The van der Waals surface area contributed by atoms with Gasteiger partial charge in [-0.2, -0.15) is 0 Å². The van der Waals surface area contributed by atoms with Gasteiger partial charge in [0.25, 0.3) is 0 Å². The number of unbranched alkanes of at least 4 members (excludes halogenated alkanes) is 1. The van der Waals surface area contributed by atoms with E-state index in [0.29, 0.717) is 6.54 Å². The third-order valence-electron chi connectivity index (χ3n) is 7.10. The van der Waals surface area contributed by atoms with Crippen LogP contribution in [0.25, 0.3) is 33.3 Å². The Kier molecular flexibility index (Phi) is 9.51. The van der Waals surface area contributed by atoms with E-state index in [-0.39, 0.29) is 4.90 Å². The third-order valence-corrected chi connectivity index (χ3v) is 9.62. The van der Waals surface area contributed by atoms with Gasteiger partial charge in [-0.25, -0.2) is 18.1 Å². The summed E-state index contributed by atoms with van der Waals surface area (Å²) in [6.07, 6.45) is 1.57. The number of hydrogen-bond donors (Lipinski definition) is 1. The lowest BCUT2D eigenvalue weighted by molar-refractivity contribution is 0.414. The average molecular weight is 602 g/mol. The molecule has 0 spiro atoms. The predicted molar refractivity (Wildman–Crippen MR) is 171 cm³/mol. The van der Waals surface area contributed by atoms with Crippen LogP contribution in [0.2, 0.25) is 0 Å². The fourth-order valence-corrected chi connectivity index (χ4v) is 7.01. The molecule has 0 bridgehead atoms. The molecule has 0 aliphatic rings. The van der Waals surface area contributed by atoms with E-state index in [1.165, 1.54) is 0 Å². The number of imidazole rings is 1. The molecular formula is C33H35N3O4S2. The smallest absolute Gasteiger partial charge is 0.240 e. The van der Waals surface area contributed by atoms with Crippen LogP contribution in [0.3, 0.4) is 0 Å². The molecule has 0 fully saturated rings. The first-order valence-corrected chi connectivity index (χ1v) is 16.4. The van der Waals surface area contributed by atoms with E-state index in [2.05, 4.69) is 28.3 Å². The van der Waals surface area contributed by atoms with Crippen molar-refractivity contribution in [2.24, 2.45) is 0 Å². The Hall–Kier alpha value is -3.79. The van der Waals surface area contributed by atoms with Crippen molar-refractivity contribution < 1.29 is 17.9 Å². The van der Waals surface area contributed by atoms with Crippen LogP contribution in [-0.2, 0) is 16.6 Å². The maximum Gasteiger partial charge on any atom is 0.240 e. The highest BCUT2D eigenvalue weighted by atomic mass is 32.2. The molecule has 1 N–H and O–H groups in total. The van der Waals surface area contributed by atoms with Gasteiger partial charge in [-0.3, -0.25) is 0 Å². The number of fused-ring (bicyclic) bond motifs is 1. The van der Waals surface area contributed by atoms with Gasteiger partial charge in [0.05, 0.1) is 30.5 Å². The number of benzene rings is 4. The normalized spacial score (nSPS) is 11.6. The number of nitrogens with one attached hydrogen (secondary N) is 1. The predicted octanol–water partition coefficient (Wildman–Crippen LogP) is 7.26. The van der Waals surface area contributed by atoms with Gasteiger partial charge >= 0.3 is 0 Å². The van der Waals surface area contributed by atoms with Gasteiger partial charge in [-0.1, -0.05) is 42.1 Å². The van der Waals surface area contributed by atoms with Crippen molar-refractivity contribution in [1.82, 2.24) is 14.3 Å². The highest BCUT2D eigenvalue weighted by Crippen LogP contribution is 2.37. The van der Waals surface area contributed by atoms with Gasteiger partial charge in [0, 0.05) is 30.0 Å². The van der Waals surface area contributed by atoms with E-state index >= 15 is 0 Å². The second-order valence-corrected chi connectivity index (χ2v) is 12.6. The van der Waals surface area contributed by atoms with Crippen molar-refractivity contribution in [2.45, 2.75) is 36.4 Å². The largest absolute Gasteiger partial charge is 0.497 e. The van der Waals surface area contributed by atoms with E-state index < -0.39 is 10.0 Å². The fourth-order valence-electron chi connectivity index (χ4n) is 4.84. The Labute approximate surface area is 252 Å². The minimum absolute atomic E-state index is 0.290. The molecule has 5 rings (SSSR count). The lowest BCUT2D eigenvalue weighted by Gasteiger charge is -2.12. The van der Waals surface area contributed by atoms with Crippen LogP contribution in [0.5, 0.6) is 11.5 Å². The van der Waals surface area contributed by atoms with Gasteiger partial charge in [0.2, 0.25) is 10.0 Å². The van der Waals surface area contributed by atoms with Gasteiger partial charge in [-0.05, 0) is 91.2 Å². The maximum absolute atomic E-state index is 12.9. The molecule has 1 aromatic heterocycles. The van der Waals surface area contributed by atoms with Gasteiger partial charge < -0.3 is 14.0 Å². The first-order valence-electron chi connectivity index (χ1n) is 13.9. The van der Waals surface area contributed by atoms with Crippen molar-refractivity contribution in [3.63, 3.8) is 0 Å². The van der Waals surface area contributed by atoms with Crippen molar-refractivity contribution in [3.8, 4) is 34.0 Å². The average Bonchev–Trinajstić information content (AvgIpc) is 3.40. The molecule has 5 aromatic rings. The molecule has 0 aliphatic carbocycles. The zero-order chi connectivity index (χ0) is 29.5. The van der Waals surface area contributed by atoms with Gasteiger partial charge in [0.15, 0.2) is 5.16 Å². The molecule has 0 amide bonds. The lowest BCUT2D eigenvalue weighted by atomic mass is 10.0. The standard InChI is InChI=1S/C33H35N3O4S2/c1-4-36-32(26-13-18-29(40-3)19-14-26)31(25-11-16-28(39-2)17-12-25)35-33(36)41-22-8-7-21-34-42(37,38)30-20-15-24-9-5-6-10-27(24)23-30/h5-6,9-20,23,34H,4,7-8,21-22H2,1-3H3. The highest BCUT2D eigenvalue weighted by molar-refractivity contribution is 7.99. The number of nitrogens with zero attached hydrogens (tertiary/aromatic N) is 2. The number of aromatic nitrogens is 2. The van der Waals surface area contributed by atoms with Gasteiger partial charge in [-0.15, -0.1) is 0 Å². The summed E-state index contributed by atoms with van der Waals surface area (Å²) in [5, 5.41) is 2.86. The van der Waals surface area contributed by atoms with Crippen molar-refractivity contribution in [2.75, 3.05) is 26.5 Å². The summed E-state index contributed by atoms with van der Waals surface area (Å²) in [6, 6.07) is 29.0. The molecule has 4 aromatic carbocycles. The summed E-state index contributed by atoms with van der Waals surface area (Å²) in [6.45, 7) is 3.27. The van der Waals surface area contributed by atoms with Crippen molar-refractivity contribution in [3.05, 3.63) is 91.0 Å². The molecule has 0 saturated heterocycles. The lowest BCUT2D eigenvalue weighted by Crippen LogP contribution is -2.24. The van der Waals surface area contributed by atoms with Crippen molar-refractivity contribution >= 4 is 32.6 Å². The minimum atomic E-state index is -3.57. The van der Waals surface area contributed by atoms with Crippen LogP contribution in [0.1, 0.15) is 19.8 Å². The Bertz CT molecular complexity index is 1750. The summed E-state index contributed by atoms with van der Waals surface area (Å²) >= 11 is 1.69. The van der Waals surface area contributed by atoms with Gasteiger partial charge in [0.1, 0.15) is 11.5 Å².